The molecule has 2 unspecified atom stereocenters. The molecule has 0 saturated carbocycles. The standard InChI is InChI=1S/C30H26N2/c31-29-18-16-24(20-27(29)22-10-4-1-5-11-22)25-17-19-30(32-26-14-8-3-9-15-26)28(21-25)23-12-6-2-7-13-23/h1-21,28,30,32H,31H2. The second kappa shape index (κ2) is 8.99. The summed E-state index contributed by atoms with van der Waals surface area (Å²) in [6.45, 7) is 0. The molecule has 2 nitrogen and oxygen atoms in total. The maximum atomic E-state index is 6.33. The SMILES string of the molecule is Nc1ccc(C2=CC(c3ccccc3)C(Nc3ccccc3)C=C2)cc1-c1ccccc1. The Labute approximate surface area is 189 Å². The largest absolute Gasteiger partial charge is 0.398 e. The highest BCUT2D eigenvalue weighted by Crippen LogP contribution is 2.36. The molecule has 0 spiro atoms. The van der Waals surface area contributed by atoms with Crippen molar-refractivity contribution in [2.75, 3.05) is 11.1 Å². The molecule has 0 fully saturated rings. The second-order valence-electron chi connectivity index (χ2n) is 8.12. The summed E-state index contributed by atoms with van der Waals surface area (Å²) in [5.74, 6) is 0.217. The van der Waals surface area contributed by atoms with E-state index in [0.717, 1.165) is 22.5 Å². The van der Waals surface area contributed by atoms with Crippen molar-refractivity contribution in [2.45, 2.75) is 12.0 Å². The molecule has 0 bridgehead atoms. The van der Waals surface area contributed by atoms with Crippen LogP contribution in [0.25, 0.3) is 16.7 Å². The molecule has 156 valence electrons. The van der Waals surface area contributed by atoms with E-state index < -0.39 is 0 Å². The van der Waals surface area contributed by atoms with Gasteiger partial charge in [-0.25, -0.2) is 0 Å². The van der Waals surface area contributed by atoms with Gasteiger partial charge in [-0.3, -0.25) is 0 Å². The first-order valence-corrected chi connectivity index (χ1v) is 11.0. The van der Waals surface area contributed by atoms with E-state index in [0.29, 0.717) is 0 Å². The molecule has 0 heterocycles. The van der Waals surface area contributed by atoms with E-state index in [1.54, 1.807) is 0 Å². The van der Waals surface area contributed by atoms with Crippen molar-refractivity contribution in [3.8, 4) is 11.1 Å². The summed E-state index contributed by atoms with van der Waals surface area (Å²) in [6.07, 6.45) is 6.87. The minimum atomic E-state index is 0.172. The first-order valence-electron chi connectivity index (χ1n) is 11.0. The van der Waals surface area contributed by atoms with E-state index in [1.165, 1.54) is 16.7 Å². The third-order valence-corrected chi connectivity index (χ3v) is 5.99. The molecule has 2 atom stereocenters. The Bertz CT molecular complexity index is 1240. The van der Waals surface area contributed by atoms with Crippen LogP contribution in [0.3, 0.4) is 0 Å². The number of nitrogens with two attached hydrogens (primary N) is 1. The summed E-state index contributed by atoms with van der Waals surface area (Å²) in [7, 11) is 0. The number of hydrogen-bond acceptors (Lipinski definition) is 2. The Morgan fingerprint density at radius 2 is 1.31 bits per heavy atom. The fourth-order valence-electron chi connectivity index (χ4n) is 4.32. The predicted octanol–water partition coefficient (Wildman–Crippen LogP) is 7.15. The average Bonchev–Trinajstić information content (AvgIpc) is 2.86. The molecule has 4 aromatic carbocycles. The highest BCUT2D eigenvalue weighted by atomic mass is 14.9. The molecule has 1 aliphatic carbocycles. The highest BCUT2D eigenvalue weighted by molar-refractivity contribution is 5.84. The highest BCUT2D eigenvalue weighted by Gasteiger charge is 2.23. The molecular weight excluding hydrogens is 388 g/mol. The monoisotopic (exact) mass is 414 g/mol. The average molecular weight is 415 g/mol. The van der Waals surface area contributed by atoms with E-state index in [2.05, 4.69) is 102 Å². The fourth-order valence-corrected chi connectivity index (χ4v) is 4.32. The van der Waals surface area contributed by atoms with E-state index in [1.807, 2.05) is 30.3 Å². The Morgan fingerprint density at radius 1 is 0.656 bits per heavy atom. The lowest BCUT2D eigenvalue weighted by Gasteiger charge is -2.29. The lowest BCUT2D eigenvalue weighted by atomic mass is 9.83. The number of nitrogens with one attached hydrogen (secondary N) is 1. The number of para-hydroxylation sites is 1. The number of benzene rings is 4. The van der Waals surface area contributed by atoms with E-state index in [9.17, 15) is 0 Å². The zero-order valence-electron chi connectivity index (χ0n) is 17.9. The number of nitrogen functional groups attached to an aromatic ring is 1. The molecule has 1 aliphatic rings. The molecule has 2 heteroatoms. The topological polar surface area (TPSA) is 38.0 Å². The van der Waals surface area contributed by atoms with E-state index in [4.69, 9.17) is 5.73 Å². The van der Waals surface area contributed by atoms with Gasteiger partial charge in [-0.15, -0.1) is 0 Å². The van der Waals surface area contributed by atoms with Crippen LogP contribution in [0.4, 0.5) is 11.4 Å². The molecular formula is C30H26N2. The number of rotatable bonds is 5. The van der Waals surface area contributed by atoms with Gasteiger partial charge in [-0.2, -0.15) is 0 Å². The minimum absolute atomic E-state index is 0.172. The van der Waals surface area contributed by atoms with Crippen LogP contribution in [-0.4, -0.2) is 6.04 Å². The molecule has 0 saturated heterocycles. The third kappa shape index (κ3) is 4.21. The number of anilines is 2. The first-order chi connectivity index (χ1) is 15.8. The summed E-state index contributed by atoms with van der Waals surface area (Å²) in [4.78, 5) is 0. The van der Waals surface area contributed by atoms with Crippen molar-refractivity contribution in [3.05, 3.63) is 139 Å². The van der Waals surface area contributed by atoms with Crippen molar-refractivity contribution < 1.29 is 0 Å². The smallest absolute Gasteiger partial charge is 0.0551 e. The van der Waals surface area contributed by atoms with Crippen LogP contribution in [-0.2, 0) is 0 Å². The number of allylic oxidation sites excluding steroid dienone is 2. The summed E-state index contributed by atoms with van der Waals surface area (Å²) in [5.41, 5.74) is 14.1. The van der Waals surface area contributed by atoms with Gasteiger partial charge in [0.05, 0.1) is 6.04 Å². The van der Waals surface area contributed by atoms with Gasteiger partial charge < -0.3 is 11.1 Å². The van der Waals surface area contributed by atoms with Gasteiger partial charge in [0, 0.05) is 22.9 Å². The van der Waals surface area contributed by atoms with Crippen molar-refractivity contribution >= 4 is 16.9 Å². The Hall–Kier alpha value is -4.04. The molecule has 0 radical (unpaired) electrons. The first kappa shape index (κ1) is 19.9. The number of hydrogen-bond donors (Lipinski definition) is 2. The zero-order chi connectivity index (χ0) is 21.8. The molecule has 32 heavy (non-hydrogen) atoms. The molecule has 4 aromatic rings. The predicted molar refractivity (Wildman–Crippen MR) is 136 cm³/mol. The Kier molecular flexibility index (Phi) is 5.59. The maximum Gasteiger partial charge on any atom is 0.0551 e. The van der Waals surface area contributed by atoms with Gasteiger partial charge in [0.15, 0.2) is 0 Å². The third-order valence-electron chi connectivity index (χ3n) is 5.99. The van der Waals surface area contributed by atoms with Gasteiger partial charge in [-0.1, -0.05) is 103 Å². The van der Waals surface area contributed by atoms with E-state index in [-0.39, 0.29) is 12.0 Å². The van der Waals surface area contributed by atoms with Crippen molar-refractivity contribution in [3.63, 3.8) is 0 Å². The van der Waals surface area contributed by atoms with Crippen LogP contribution in [0, 0.1) is 0 Å². The molecule has 0 aliphatic heterocycles. The van der Waals surface area contributed by atoms with Gasteiger partial charge in [0.2, 0.25) is 0 Å². The summed E-state index contributed by atoms with van der Waals surface area (Å²) < 4.78 is 0. The van der Waals surface area contributed by atoms with Gasteiger partial charge in [0.1, 0.15) is 0 Å². The second-order valence-corrected chi connectivity index (χ2v) is 8.12. The zero-order valence-corrected chi connectivity index (χ0v) is 17.9. The molecule has 3 N–H and O–H groups in total. The lowest BCUT2D eigenvalue weighted by Crippen LogP contribution is -2.26. The van der Waals surface area contributed by atoms with Crippen LogP contribution in [0.1, 0.15) is 17.0 Å². The van der Waals surface area contributed by atoms with Crippen LogP contribution in [0.5, 0.6) is 0 Å². The van der Waals surface area contributed by atoms with Gasteiger partial charge >= 0.3 is 0 Å². The summed E-state index contributed by atoms with van der Waals surface area (Å²) in [5, 5.41) is 3.70. The molecule has 5 rings (SSSR count). The van der Waals surface area contributed by atoms with Gasteiger partial charge in [0.25, 0.3) is 0 Å². The van der Waals surface area contributed by atoms with Crippen LogP contribution in [0.2, 0.25) is 0 Å². The maximum absolute atomic E-state index is 6.33. The quantitative estimate of drug-likeness (QED) is 0.340. The molecule has 0 aromatic heterocycles. The molecule has 0 amide bonds. The van der Waals surface area contributed by atoms with Crippen LogP contribution in [0.15, 0.2) is 127 Å². The lowest BCUT2D eigenvalue weighted by molar-refractivity contribution is 0.759. The summed E-state index contributed by atoms with van der Waals surface area (Å²) >= 11 is 0. The fraction of sp³-hybridized carbons (Fsp3) is 0.0667. The van der Waals surface area contributed by atoms with E-state index >= 15 is 0 Å². The van der Waals surface area contributed by atoms with Crippen molar-refractivity contribution in [1.82, 2.24) is 0 Å². The normalized spacial score (nSPS) is 17.6. The summed E-state index contributed by atoms with van der Waals surface area (Å²) in [6, 6.07) is 37.9. The minimum Gasteiger partial charge on any atom is -0.398 e. The van der Waals surface area contributed by atoms with Crippen molar-refractivity contribution in [1.29, 1.82) is 0 Å². The van der Waals surface area contributed by atoms with Crippen LogP contribution >= 0.6 is 0 Å². The van der Waals surface area contributed by atoms with Crippen molar-refractivity contribution in [2.24, 2.45) is 0 Å². The van der Waals surface area contributed by atoms with Gasteiger partial charge in [-0.05, 0) is 46.5 Å². The Balaban J connectivity index is 1.52. The Morgan fingerprint density at radius 3 is 2.03 bits per heavy atom. The van der Waals surface area contributed by atoms with Crippen LogP contribution < -0.4 is 11.1 Å².